The summed E-state index contributed by atoms with van der Waals surface area (Å²) in [6.45, 7) is 16.5. The molecule has 36 heavy (non-hydrogen) atoms. The van der Waals surface area contributed by atoms with Gasteiger partial charge in [0.05, 0.1) is 12.2 Å². The number of hydrogen-bond acceptors (Lipinski definition) is 4. The number of fused-ring (bicyclic) bond motifs is 7. The average Bonchev–Trinajstić information content (AvgIpc) is 2.79. The first-order valence-corrected chi connectivity index (χ1v) is 14.1. The van der Waals surface area contributed by atoms with E-state index in [2.05, 4.69) is 40.7 Å². The molecule has 0 radical (unpaired) electrons. The van der Waals surface area contributed by atoms with Crippen LogP contribution >= 0.6 is 0 Å². The van der Waals surface area contributed by atoms with Crippen molar-refractivity contribution >= 4 is 11.6 Å². The van der Waals surface area contributed by atoms with Crippen molar-refractivity contribution < 1.29 is 14.3 Å². The number of ether oxygens (including phenoxy) is 1. The van der Waals surface area contributed by atoms with Crippen LogP contribution in [0.15, 0.2) is 23.3 Å². The van der Waals surface area contributed by atoms with Crippen LogP contribution in [0.3, 0.4) is 0 Å². The molecular weight excluding hydrogens is 446 g/mol. The number of hydrogen-bond donors (Lipinski definition) is 0. The van der Waals surface area contributed by atoms with Crippen molar-refractivity contribution in [3.05, 3.63) is 23.3 Å². The smallest absolute Gasteiger partial charge is 0.178 e. The molecule has 0 aromatic heterocycles. The number of Topliss-reactive ketones (excluding diaryl/α,β-unsaturated/α-hetero) is 1. The molecule has 0 amide bonds. The normalized spacial score (nSPS) is 46.8. The third-order valence-electron chi connectivity index (χ3n) is 12.5. The number of carbonyl (C=O) groups is 2. The largest absolute Gasteiger partial charge is 0.384 e. The van der Waals surface area contributed by atoms with Crippen LogP contribution in [0.1, 0.15) is 93.4 Å². The fourth-order valence-electron chi connectivity index (χ4n) is 10.3. The lowest BCUT2D eigenvalue weighted by Crippen LogP contribution is -2.65. The lowest BCUT2D eigenvalue weighted by Gasteiger charge is -2.69. The molecule has 3 saturated carbocycles. The zero-order valence-corrected chi connectivity index (χ0v) is 23.7. The van der Waals surface area contributed by atoms with Crippen molar-refractivity contribution in [1.82, 2.24) is 0 Å². The Kier molecular flexibility index (Phi) is 5.51. The van der Waals surface area contributed by atoms with Gasteiger partial charge in [0.15, 0.2) is 11.6 Å². The number of nitriles is 1. The molecule has 5 rings (SSSR count). The lowest BCUT2D eigenvalue weighted by atomic mass is 9.34. The van der Waals surface area contributed by atoms with Crippen LogP contribution < -0.4 is 0 Å². The van der Waals surface area contributed by atoms with E-state index >= 15 is 0 Å². The van der Waals surface area contributed by atoms with E-state index < -0.39 is 10.8 Å². The summed E-state index contributed by atoms with van der Waals surface area (Å²) in [6.07, 6.45) is 11.4. The Labute approximate surface area is 217 Å². The minimum Gasteiger partial charge on any atom is -0.384 e. The molecule has 0 bridgehead atoms. The van der Waals surface area contributed by atoms with Gasteiger partial charge in [-0.05, 0) is 84.5 Å². The summed E-state index contributed by atoms with van der Waals surface area (Å²) in [4.78, 5) is 27.6. The predicted octanol–water partition coefficient (Wildman–Crippen LogP) is 6.85. The number of rotatable bonds is 2. The molecule has 4 heteroatoms. The van der Waals surface area contributed by atoms with Gasteiger partial charge < -0.3 is 4.74 Å². The number of ketones is 2. The highest BCUT2D eigenvalue weighted by Gasteiger charge is 2.69. The van der Waals surface area contributed by atoms with Crippen molar-refractivity contribution in [2.24, 2.45) is 50.2 Å². The minimum absolute atomic E-state index is 0.00692. The summed E-state index contributed by atoms with van der Waals surface area (Å²) in [5.74, 6) is 0.632. The van der Waals surface area contributed by atoms with E-state index in [1.54, 1.807) is 0 Å². The fraction of sp³-hybridized carbons (Fsp3) is 0.781. The molecule has 5 aliphatic carbocycles. The van der Waals surface area contributed by atoms with Gasteiger partial charge in [0.25, 0.3) is 0 Å². The van der Waals surface area contributed by atoms with Gasteiger partial charge in [-0.1, -0.05) is 60.1 Å². The van der Waals surface area contributed by atoms with E-state index in [1.807, 2.05) is 33.1 Å². The Balaban J connectivity index is 1.69. The van der Waals surface area contributed by atoms with Crippen LogP contribution in [0.2, 0.25) is 0 Å². The number of allylic oxidation sites excluding steroid dienone is 4. The van der Waals surface area contributed by atoms with Crippen molar-refractivity contribution in [2.75, 3.05) is 13.7 Å². The molecule has 3 fully saturated rings. The summed E-state index contributed by atoms with van der Waals surface area (Å²) in [6, 6.07) is 2.20. The first kappa shape index (κ1) is 25.9. The highest BCUT2D eigenvalue weighted by Crippen LogP contribution is 2.74. The second-order valence-corrected chi connectivity index (χ2v) is 15.1. The summed E-state index contributed by atoms with van der Waals surface area (Å²) < 4.78 is 5.84. The summed E-state index contributed by atoms with van der Waals surface area (Å²) in [5, 5.41) is 9.87. The first-order chi connectivity index (χ1) is 16.6. The summed E-state index contributed by atoms with van der Waals surface area (Å²) >= 11 is 0. The maximum atomic E-state index is 14.4. The summed E-state index contributed by atoms with van der Waals surface area (Å²) in [5.41, 5.74) is 0.372. The van der Waals surface area contributed by atoms with E-state index in [4.69, 9.17) is 4.74 Å². The van der Waals surface area contributed by atoms with Crippen LogP contribution in [-0.2, 0) is 14.3 Å². The first-order valence-electron chi connectivity index (χ1n) is 14.1. The topological polar surface area (TPSA) is 67.2 Å². The van der Waals surface area contributed by atoms with Gasteiger partial charge in [-0.25, -0.2) is 0 Å². The van der Waals surface area contributed by atoms with Gasteiger partial charge in [-0.2, -0.15) is 5.26 Å². The van der Waals surface area contributed by atoms with Crippen LogP contribution in [0, 0.1) is 61.6 Å². The standard InChI is InChI=1S/C32H45NO3/c1-27(2)11-13-32(19-36-8)14-12-31(7)25(21(32)17-27)22(34)15-24-29(5)16-20(18-33)26(35)28(3,4)23(29)9-10-30(24,31)6/h15-16,21,23,25H,9-14,17,19H2,1-8H3/t21-,23-,25-,29-,30+,31+,32+/m0/s1. The SMILES string of the molecule is COC[C@]12CCC(C)(C)C[C@H]1[C@H]1C(=O)C=C3[C@@]4(C)C=C(C#N)C(=O)C(C)(C)[C@@H]4CC[C@@]3(C)[C@]1(C)CC2. The molecule has 4 nitrogen and oxygen atoms in total. The third kappa shape index (κ3) is 3.08. The van der Waals surface area contributed by atoms with Gasteiger partial charge in [0.1, 0.15) is 6.07 Å². The van der Waals surface area contributed by atoms with E-state index in [-0.39, 0.29) is 50.6 Å². The van der Waals surface area contributed by atoms with Crippen LogP contribution in [0.25, 0.3) is 0 Å². The molecule has 0 unspecified atom stereocenters. The molecule has 7 atom stereocenters. The number of carbonyl (C=O) groups excluding carboxylic acids is 2. The molecule has 0 aliphatic heterocycles. The van der Waals surface area contributed by atoms with Crippen molar-refractivity contribution in [1.29, 1.82) is 5.26 Å². The Morgan fingerprint density at radius 2 is 1.67 bits per heavy atom. The molecule has 0 N–H and O–H groups in total. The van der Waals surface area contributed by atoms with Crippen molar-refractivity contribution in [2.45, 2.75) is 93.4 Å². The van der Waals surface area contributed by atoms with Crippen molar-refractivity contribution in [3.63, 3.8) is 0 Å². The zero-order valence-electron chi connectivity index (χ0n) is 23.7. The molecule has 0 heterocycles. The molecular formula is C32H45NO3. The third-order valence-corrected chi connectivity index (χ3v) is 12.5. The molecule has 0 saturated heterocycles. The maximum absolute atomic E-state index is 14.4. The number of nitrogens with zero attached hydrogens (tertiary/aromatic N) is 1. The molecule has 196 valence electrons. The quantitative estimate of drug-likeness (QED) is 0.423. The lowest BCUT2D eigenvalue weighted by molar-refractivity contribution is -0.179. The Bertz CT molecular complexity index is 1120. The van der Waals surface area contributed by atoms with Gasteiger partial charge in [0.2, 0.25) is 0 Å². The Morgan fingerprint density at radius 3 is 2.31 bits per heavy atom. The molecule has 0 aromatic carbocycles. The van der Waals surface area contributed by atoms with E-state index in [0.717, 1.165) is 45.1 Å². The van der Waals surface area contributed by atoms with Crippen molar-refractivity contribution in [3.8, 4) is 6.07 Å². The van der Waals surface area contributed by atoms with Gasteiger partial charge in [0, 0.05) is 23.9 Å². The molecule has 5 aliphatic rings. The average molecular weight is 492 g/mol. The van der Waals surface area contributed by atoms with Crippen LogP contribution in [-0.4, -0.2) is 25.3 Å². The zero-order chi connectivity index (χ0) is 26.5. The minimum atomic E-state index is -0.620. The van der Waals surface area contributed by atoms with E-state index in [1.165, 1.54) is 12.0 Å². The van der Waals surface area contributed by atoms with Gasteiger partial charge >= 0.3 is 0 Å². The second-order valence-electron chi connectivity index (χ2n) is 15.1. The van der Waals surface area contributed by atoms with Crippen LogP contribution in [0.5, 0.6) is 0 Å². The van der Waals surface area contributed by atoms with E-state index in [0.29, 0.717) is 5.92 Å². The van der Waals surface area contributed by atoms with Crippen LogP contribution in [0.4, 0.5) is 0 Å². The molecule has 0 spiro atoms. The number of methoxy groups -OCH3 is 1. The Hall–Kier alpha value is -1.73. The second kappa shape index (κ2) is 7.66. The molecule has 0 aromatic rings. The highest BCUT2D eigenvalue weighted by molar-refractivity contribution is 6.04. The summed E-state index contributed by atoms with van der Waals surface area (Å²) in [7, 11) is 1.81. The maximum Gasteiger partial charge on any atom is 0.178 e. The highest BCUT2D eigenvalue weighted by atomic mass is 16.5. The van der Waals surface area contributed by atoms with Gasteiger partial charge in [-0.15, -0.1) is 0 Å². The van der Waals surface area contributed by atoms with E-state index in [9.17, 15) is 14.9 Å². The van der Waals surface area contributed by atoms with Gasteiger partial charge in [-0.3, -0.25) is 9.59 Å². The monoisotopic (exact) mass is 491 g/mol. The Morgan fingerprint density at radius 1 is 1.00 bits per heavy atom. The fourth-order valence-corrected chi connectivity index (χ4v) is 10.3. The predicted molar refractivity (Wildman–Crippen MR) is 141 cm³/mol.